The predicted octanol–water partition coefficient (Wildman–Crippen LogP) is 17.0. The molecule has 0 atom stereocenters. The van der Waals surface area contributed by atoms with E-state index in [1.165, 1.54) is 66.4 Å². The summed E-state index contributed by atoms with van der Waals surface area (Å²) in [5, 5.41) is 6.97. The number of fused-ring (bicyclic) bond motifs is 16. The predicted molar refractivity (Wildman–Crippen MR) is 271 cm³/mol. The highest BCUT2D eigenvalue weighted by Crippen LogP contribution is 2.65. The first-order valence-electron chi connectivity index (χ1n) is 22.5. The van der Waals surface area contributed by atoms with E-state index >= 15 is 0 Å². The summed E-state index contributed by atoms with van der Waals surface area (Å²) in [4.78, 5) is 2.52. The van der Waals surface area contributed by atoms with E-state index in [0.717, 1.165) is 60.9 Å². The van der Waals surface area contributed by atoms with Crippen molar-refractivity contribution >= 4 is 60.5 Å². The van der Waals surface area contributed by atoms with Crippen molar-refractivity contribution in [1.82, 2.24) is 0 Å². The molecule has 12 aromatic rings. The third-order valence-electron chi connectivity index (χ3n) is 14.3. The second-order valence-electron chi connectivity index (χ2n) is 17.5. The van der Waals surface area contributed by atoms with Crippen molar-refractivity contribution in [3.05, 3.63) is 259 Å². The standard InChI is InChI=1S/C63H39NO/c1-3-20-44-40(17-1)19-15-27-45(44)41-35-37-43(38-36-41)64(57-32-13-8-24-49(57)52-39-42-18-2-4-21-46(42)62-60(52)51-26-9-14-34-59(51)65-62)58-33-16-31-56-61(58)50-25-7-12-30-55(50)63(56)53-28-10-5-22-47(53)48-23-6-11-29-54(48)63/h1-39H. The zero-order valence-electron chi connectivity index (χ0n) is 35.4. The van der Waals surface area contributed by atoms with Crippen LogP contribution in [0.3, 0.4) is 0 Å². The SMILES string of the molecule is c1ccc(N(c2ccc(-c3cccc4ccccc34)cc2)c2cccc3c2-c2ccccc2C32c3ccccc3-c3ccccc32)c(-c2cc3ccccc3c3oc4ccccc4c23)c1. The minimum absolute atomic E-state index is 0.473. The quantitative estimate of drug-likeness (QED) is 0.172. The number of benzene rings is 11. The fourth-order valence-electron chi connectivity index (χ4n) is 11.7. The zero-order chi connectivity index (χ0) is 42.6. The maximum absolute atomic E-state index is 6.78. The lowest BCUT2D eigenvalue weighted by atomic mass is 9.70. The fourth-order valence-corrected chi connectivity index (χ4v) is 11.7. The molecule has 302 valence electrons. The van der Waals surface area contributed by atoms with Crippen molar-refractivity contribution < 1.29 is 4.42 Å². The van der Waals surface area contributed by atoms with Gasteiger partial charge in [0.15, 0.2) is 0 Å². The first-order chi connectivity index (χ1) is 32.3. The molecule has 65 heavy (non-hydrogen) atoms. The van der Waals surface area contributed by atoms with Crippen LogP contribution in [0.4, 0.5) is 17.1 Å². The van der Waals surface area contributed by atoms with Gasteiger partial charge in [-0.1, -0.05) is 200 Å². The van der Waals surface area contributed by atoms with E-state index in [1.807, 2.05) is 0 Å². The van der Waals surface area contributed by atoms with Gasteiger partial charge in [-0.15, -0.1) is 0 Å². The smallest absolute Gasteiger partial charge is 0.143 e. The molecule has 0 aliphatic heterocycles. The van der Waals surface area contributed by atoms with Crippen molar-refractivity contribution in [3.8, 4) is 44.5 Å². The largest absolute Gasteiger partial charge is 0.455 e. The van der Waals surface area contributed by atoms with Crippen LogP contribution in [0.15, 0.2) is 241 Å². The molecule has 2 heteroatoms. The molecule has 14 rings (SSSR count). The molecule has 1 aromatic heterocycles. The van der Waals surface area contributed by atoms with Gasteiger partial charge >= 0.3 is 0 Å². The van der Waals surface area contributed by atoms with Gasteiger partial charge in [-0.25, -0.2) is 0 Å². The topological polar surface area (TPSA) is 16.4 Å². The van der Waals surface area contributed by atoms with Crippen LogP contribution in [0.1, 0.15) is 22.3 Å². The molecular formula is C63H39NO. The van der Waals surface area contributed by atoms with E-state index in [0.29, 0.717) is 0 Å². The van der Waals surface area contributed by atoms with Gasteiger partial charge in [0.2, 0.25) is 0 Å². The van der Waals surface area contributed by atoms with Crippen molar-refractivity contribution in [2.24, 2.45) is 0 Å². The van der Waals surface area contributed by atoms with Crippen LogP contribution in [-0.4, -0.2) is 0 Å². The van der Waals surface area contributed by atoms with Gasteiger partial charge in [-0.3, -0.25) is 0 Å². The highest BCUT2D eigenvalue weighted by Gasteiger charge is 2.52. The maximum atomic E-state index is 6.78. The summed E-state index contributed by atoms with van der Waals surface area (Å²) >= 11 is 0. The van der Waals surface area contributed by atoms with Gasteiger partial charge in [0.05, 0.1) is 16.8 Å². The Kier molecular flexibility index (Phi) is 7.64. The van der Waals surface area contributed by atoms with Gasteiger partial charge in [-0.2, -0.15) is 0 Å². The van der Waals surface area contributed by atoms with E-state index in [2.05, 4.69) is 241 Å². The Bertz CT molecular complexity index is 3860. The Labute approximate surface area is 376 Å². The lowest BCUT2D eigenvalue weighted by molar-refractivity contribution is 0.673. The summed E-state index contributed by atoms with van der Waals surface area (Å²) in [5.74, 6) is 0. The first-order valence-corrected chi connectivity index (χ1v) is 22.5. The normalized spacial score (nSPS) is 13.0. The molecule has 11 aromatic carbocycles. The molecule has 2 aliphatic rings. The van der Waals surface area contributed by atoms with Gasteiger partial charge < -0.3 is 9.32 Å². The second kappa shape index (κ2) is 13.8. The van der Waals surface area contributed by atoms with E-state index in [4.69, 9.17) is 4.42 Å². The molecule has 0 amide bonds. The van der Waals surface area contributed by atoms with Crippen molar-refractivity contribution in [3.63, 3.8) is 0 Å². The Morgan fingerprint density at radius 2 is 0.862 bits per heavy atom. The van der Waals surface area contributed by atoms with Crippen LogP contribution < -0.4 is 4.90 Å². The van der Waals surface area contributed by atoms with Crippen LogP contribution in [0.5, 0.6) is 0 Å². The van der Waals surface area contributed by atoms with Crippen LogP contribution in [0.2, 0.25) is 0 Å². The van der Waals surface area contributed by atoms with Gasteiger partial charge in [0.1, 0.15) is 11.2 Å². The molecule has 0 saturated heterocycles. The number of hydrogen-bond donors (Lipinski definition) is 0. The second-order valence-corrected chi connectivity index (χ2v) is 17.5. The van der Waals surface area contributed by atoms with Crippen LogP contribution in [0.25, 0.3) is 88.0 Å². The summed E-state index contributed by atoms with van der Waals surface area (Å²) in [6, 6.07) is 87.1. The number of para-hydroxylation sites is 2. The number of rotatable bonds is 5. The molecule has 0 radical (unpaired) electrons. The summed E-state index contributed by atoms with van der Waals surface area (Å²) in [5.41, 5.74) is 19.7. The van der Waals surface area contributed by atoms with Crippen molar-refractivity contribution in [2.75, 3.05) is 4.90 Å². The molecule has 0 saturated carbocycles. The minimum atomic E-state index is -0.473. The molecule has 1 heterocycles. The molecule has 0 fully saturated rings. The third kappa shape index (κ3) is 4.99. The lowest BCUT2D eigenvalue weighted by Gasteiger charge is -2.32. The number of hydrogen-bond acceptors (Lipinski definition) is 2. The van der Waals surface area contributed by atoms with Gasteiger partial charge in [0.25, 0.3) is 0 Å². The summed E-state index contributed by atoms with van der Waals surface area (Å²) in [6.45, 7) is 0. The average molecular weight is 826 g/mol. The van der Waals surface area contributed by atoms with E-state index < -0.39 is 5.41 Å². The summed E-state index contributed by atoms with van der Waals surface area (Å²) < 4.78 is 6.78. The minimum Gasteiger partial charge on any atom is -0.455 e. The monoisotopic (exact) mass is 825 g/mol. The molecule has 0 N–H and O–H groups in total. The highest BCUT2D eigenvalue weighted by atomic mass is 16.3. The molecular weight excluding hydrogens is 787 g/mol. The Morgan fingerprint density at radius 1 is 0.338 bits per heavy atom. The number of furan rings is 1. The summed E-state index contributed by atoms with van der Waals surface area (Å²) in [6.07, 6.45) is 0. The van der Waals surface area contributed by atoms with E-state index in [-0.39, 0.29) is 0 Å². The lowest BCUT2D eigenvalue weighted by Crippen LogP contribution is -2.26. The first kappa shape index (κ1) is 36.1. The fraction of sp³-hybridized carbons (Fsp3) is 0.0159. The van der Waals surface area contributed by atoms with Crippen LogP contribution in [-0.2, 0) is 5.41 Å². The third-order valence-corrected chi connectivity index (χ3v) is 14.3. The number of nitrogens with zero attached hydrogens (tertiary/aromatic N) is 1. The maximum Gasteiger partial charge on any atom is 0.143 e. The zero-order valence-corrected chi connectivity index (χ0v) is 35.4. The Hall–Kier alpha value is -8.46. The van der Waals surface area contributed by atoms with Crippen molar-refractivity contribution in [2.45, 2.75) is 5.41 Å². The van der Waals surface area contributed by atoms with Crippen LogP contribution in [0, 0.1) is 0 Å². The molecule has 1 spiro atoms. The van der Waals surface area contributed by atoms with E-state index in [1.54, 1.807) is 0 Å². The highest BCUT2D eigenvalue weighted by molar-refractivity contribution is 6.22. The molecule has 2 aliphatic carbocycles. The Morgan fingerprint density at radius 3 is 1.63 bits per heavy atom. The van der Waals surface area contributed by atoms with Crippen molar-refractivity contribution in [1.29, 1.82) is 0 Å². The summed E-state index contributed by atoms with van der Waals surface area (Å²) in [7, 11) is 0. The molecule has 0 unspecified atom stereocenters. The average Bonchev–Trinajstić information content (AvgIpc) is 4.02. The molecule has 2 nitrogen and oxygen atoms in total. The molecule has 0 bridgehead atoms. The number of anilines is 3. The van der Waals surface area contributed by atoms with Gasteiger partial charge in [0, 0.05) is 33.0 Å². The van der Waals surface area contributed by atoms with Gasteiger partial charge in [-0.05, 0) is 108 Å². The van der Waals surface area contributed by atoms with E-state index in [9.17, 15) is 0 Å². The van der Waals surface area contributed by atoms with Crippen LogP contribution >= 0.6 is 0 Å². The Balaban J connectivity index is 1.07.